The zero-order valence-corrected chi connectivity index (χ0v) is 13.6. The van der Waals surface area contributed by atoms with E-state index < -0.39 is 5.82 Å². The van der Waals surface area contributed by atoms with Crippen molar-refractivity contribution in [3.63, 3.8) is 0 Å². The number of aryl methyl sites for hydroxylation is 1. The third kappa shape index (κ3) is 2.60. The smallest absolute Gasteiger partial charge is 0.146 e. The predicted octanol–water partition coefficient (Wildman–Crippen LogP) is 4.03. The second-order valence-corrected chi connectivity index (χ2v) is 5.53. The van der Waals surface area contributed by atoms with Gasteiger partial charge in [-0.25, -0.2) is 13.8 Å². The summed E-state index contributed by atoms with van der Waals surface area (Å²) in [5.74, 6) is -0.0871. The largest absolute Gasteiger partial charge is 0.494 e. The molecule has 0 saturated heterocycles. The summed E-state index contributed by atoms with van der Waals surface area (Å²) < 4.78 is 34.6. The van der Waals surface area contributed by atoms with Crippen LogP contribution >= 0.6 is 0 Å². The highest BCUT2D eigenvalue weighted by atomic mass is 19.1. The van der Waals surface area contributed by atoms with Crippen molar-refractivity contribution in [1.29, 1.82) is 0 Å². The van der Waals surface area contributed by atoms with E-state index in [9.17, 15) is 8.78 Å². The first-order chi connectivity index (χ1) is 11.4. The van der Waals surface area contributed by atoms with Gasteiger partial charge in [0.2, 0.25) is 0 Å². The van der Waals surface area contributed by atoms with Gasteiger partial charge in [-0.1, -0.05) is 12.1 Å². The van der Waals surface area contributed by atoms with Gasteiger partial charge in [0.25, 0.3) is 0 Å². The number of anilines is 1. The fourth-order valence-electron chi connectivity index (χ4n) is 2.67. The molecular weight excluding hydrogens is 312 g/mol. The monoisotopic (exact) mass is 329 g/mol. The number of hydrogen-bond acceptors (Lipinski definition) is 3. The van der Waals surface area contributed by atoms with Crippen molar-refractivity contribution in [1.82, 2.24) is 9.55 Å². The molecule has 1 heterocycles. The molecule has 0 fully saturated rings. The molecule has 0 atom stereocenters. The fourth-order valence-corrected chi connectivity index (χ4v) is 2.67. The molecular formula is C18H17F2N3O. The second-order valence-electron chi connectivity index (χ2n) is 5.53. The first-order valence-electron chi connectivity index (χ1n) is 7.37. The molecule has 124 valence electrons. The van der Waals surface area contributed by atoms with Crippen molar-refractivity contribution in [2.45, 2.75) is 13.8 Å². The van der Waals surface area contributed by atoms with Gasteiger partial charge in [0, 0.05) is 23.9 Å². The summed E-state index contributed by atoms with van der Waals surface area (Å²) in [4.78, 5) is 4.46. The van der Waals surface area contributed by atoms with Crippen molar-refractivity contribution >= 4 is 5.69 Å². The standard InChI is InChI=1S/C18H17F2N3O/c1-10-9-23(15-7-12(19)8-16(24-3)17(15)21)18(22-10)13-5-4-6-14(20)11(13)2/h4-9H,21H2,1-3H3. The number of nitrogens with two attached hydrogens (primary N) is 1. The van der Waals surface area contributed by atoms with Crippen molar-refractivity contribution < 1.29 is 13.5 Å². The minimum absolute atomic E-state index is 0.235. The molecule has 24 heavy (non-hydrogen) atoms. The Hall–Kier alpha value is -2.89. The highest BCUT2D eigenvalue weighted by Gasteiger charge is 2.18. The zero-order chi connectivity index (χ0) is 17.4. The number of aromatic nitrogens is 2. The van der Waals surface area contributed by atoms with Crippen LogP contribution in [0, 0.1) is 25.5 Å². The van der Waals surface area contributed by atoms with Crippen LogP contribution in [0.3, 0.4) is 0 Å². The minimum atomic E-state index is -0.482. The molecule has 0 spiro atoms. The molecule has 4 nitrogen and oxygen atoms in total. The Labute approximate surface area is 138 Å². The second kappa shape index (κ2) is 5.96. The maximum Gasteiger partial charge on any atom is 0.146 e. The number of halogens is 2. The van der Waals surface area contributed by atoms with Crippen molar-refractivity contribution in [2.75, 3.05) is 12.8 Å². The van der Waals surface area contributed by atoms with Gasteiger partial charge >= 0.3 is 0 Å². The van der Waals surface area contributed by atoms with Crippen LogP contribution in [0.2, 0.25) is 0 Å². The third-order valence-corrected chi connectivity index (χ3v) is 3.90. The van der Waals surface area contributed by atoms with E-state index in [0.29, 0.717) is 28.3 Å². The molecule has 1 aromatic heterocycles. The molecule has 0 aliphatic carbocycles. The van der Waals surface area contributed by atoms with E-state index in [4.69, 9.17) is 10.5 Å². The Kier molecular flexibility index (Phi) is 3.97. The molecule has 2 N–H and O–H groups in total. The summed E-state index contributed by atoms with van der Waals surface area (Å²) in [6, 6.07) is 7.29. The maximum atomic E-state index is 13.9. The highest BCUT2D eigenvalue weighted by molar-refractivity contribution is 5.71. The van der Waals surface area contributed by atoms with Gasteiger partial charge in [-0.3, -0.25) is 4.57 Å². The topological polar surface area (TPSA) is 53.1 Å². The first-order valence-corrected chi connectivity index (χ1v) is 7.37. The van der Waals surface area contributed by atoms with Gasteiger partial charge in [0.15, 0.2) is 0 Å². The molecule has 0 amide bonds. The number of benzene rings is 2. The summed E-state index contributed by atoms with van der Waals surface area (Å²) in [5.41, 5.74) is 8.57. The van der Waals surface area contributed by atoms with Gasteiger partial charge < -0.3 is 10.5 Å². The van der Waals surface area contributed by atoms with E-state index in [0.717, 1.165) is 0 Å². The molecule has 3 rings (SSSR count). The first kappa shape index (κ1) is 16.0. The van der Waals surface area contributed by atoms with Crippen LogP contribution in [0.15, 0.2) is 36.5 Å². The van der Waals surface area contributed by atoms with Gasteiger partial charge in [-0.2, -0.15) is 0 Å². The number of nitrogen functional groups attached to an aromatic ring is 1. The summed E-state index contributed by atoms with van der Waals surface area (Å²) in [6.07, 6.45) is 1.73. The van der Waals surface area contributed by atoms with Crippen LogP contribution in [0.25, 0.3) is 17.1 Å². The van der Waals surface area contributed by atoms with Crippen LogP contribution in [-0.4, -0.2) is 16.7 Å². The fraction of sp³-hybridized carbons (Fsp3) is 0.167. The van der Waals surface area contributed by atoms with Crippen LogP contribution in [0.4, 0.5) is 14.5 Å². The molecule has 6 heteroatoms. The zero-order valence-electron chi connectivity index (χ0n) is 13.6. The molecule has 0 bridgehead atoms. The van der Waals surface area contributed by atoms with Crippen LogP contribution < -0.4 is 10.5 Å². The van der Waals surface area contributed by atoms with Crippen LogP contribution in [0.5, 0.6) is 5.75 Å². The SMILES string of the molecule is COc1cc(F)cc(-n2cc(C)nc2-c2cccc(F)c2C)c1N. The number of methoxy groups -OCH3 is 1. The van der Waals surface area contributed by atoms with Crippen LogP contribution in [-0.2, 0) is 0 Å². The average Bonchev–Trinajstić information content (AvgIpc) is 2.93. The summed E-state index contributed by atoms with van der Waals surface area (Å²) in [7, 11) is 1.42. The molecule has 0 unspecified atom stereocenters. The number of imidazole rings is 1. The molecule has 2 aromatic carbocycles. The Morgan fingerprint density at radius 2 is 1.92 bits per heavy atom. The Balaban J connectivity index is 2.29. The van der Waals surface area contributed by atoms with Crippen molar-refractivity contribution in [2.24, 2.45) is 0 Å². The molecule has 0 radical (unpaired) electrons. The quantitative estimate of drug-likeness (QED) is 0.738. The van der Waals surface area contributed by atoms with E-state index in [1.165, 1.54) is 25.3 Å². The Morgan fingerprint density at radius 3 is 2.62 bits per heavy atom. The lowest BCUT2D eigenvalue weighted by atomic mass is 10.1. The summed E-state index contributed by atoms with van der Waals surface area (Å²) in [6.45, 7) is 3.48. The molecule has 0 aliphatic heterocycles. The maximum absolute atomic E-state index is 13.9. The number of hydrogen-bond donors (Lipinski definition) is 1. The van der Waals surface area contributed by atoms with Crippen LogP contribution in [0.1, 0.15) is 11.3 Å². The van der Waals surface area contributed by atoms with E-state index >= 15 is 0 Å². The van der Waals surface area contributed by atoms with Gasteiger partial charge in [0.05, 0.1) is 24.2 Å². The van der Waals surface area contributed by atoms with Gasteiger partial charge in [-0.15, -0.1) is 0 Å². The van der Waals surface area contributed by atoms with E-state index in [1.807, 2.05) is 0 Å². The lowest BCUT2D eigenvalue weighted by molar-refractivity contribution is 0.413. The number of nitrogens with zero attached hydrogens (tertiary/aromatic N) is 2. The minimum Gasteiger partial charge on any atom is -0.494 e. The van der Waals surface area contributed by atoms with Gasteiger partial charge in [0.1, 0.15) is 23.2 Å². The molecule has 3 aromatic rings. The van der Waals surface area contributed by atoms with Gasteiger partial charge in [-0.05, 0) is 25.5 Å². The lowest BCUT2D eigenvalue weighted by Gasteiger charge is -2.14. The van der Waals surface area contributed by atoms with Crippen molar-refractivity contribution in [3.05, 3.63) is 59.4 Å². The van der Waals surface area contributed by atoms with Crippen molar-refractivity contribution in [3.8, 4) is 22.8 Å². The highest BCUT2D eigenvalue weighted by Crippen LogP contribution is 2.34. The summed E-state index contributed by atoms with van der Waals surface area (Å²) in [5, 5.41) is 0. The normalized spacial score (nSPS) is 10.9. The molecule has 0 saturated carbocycles. The predicted molar refractivity (Wildman–Crippen MR) is 89.4 cm³/mol. The third-order valence-electron chi connectivity index (χ3n) is 3.90. The van der Waals surface area contributed by atoms with E-state index in [-0.39, 0.29) is 17.3 Å². The van der Waals surface area contributed by atoms with E-state index in [1.54, 1.807) is 36.7 Å². The lowest BCUT2D eigenvalue weighted by Crippen LogP contribution is -2.05. The Morgan fingerprint density at radius 1 is 1.17 bits per heavy atom. The number of rotatable bonds is 3. The molecule has 0 aliphatic rings. The van der Waals surface area contributed by atoms with E-state index in [2.05, 4.69) is 4.98 Å². The number of ether oxygens (including phenoxy) is 1. The Bertz CT molecular complexity index is 919. The summed E-state index contributed by atoms with van der Waals surface area (Å²) >= 11 is 0. The average molecular weight is 329 g/mol.